The number of carbonyl (C=O) groups is 2. The highest BCUT2D eigenvalue weighted by Gasteiger charge is 2.23. The van der Waals surface area contributed by atoms with Gasteiger partial charge in [0.05, 0.1) is 12.1 Å². The van der Waals surface area contributed by atoms with E-state index in [0.717, 1.165) is 5.69 Å². The molecule has 0 saturated carbocycles. The van der Waals surface area contributed by atoms with Crippen LogP contribution in [0.1, 0.15) is 13.8 Å². The smallest absolute Gasteiger partial charge is 0.351 e. The summed E-state index contributed by atoms with van der Waals surface area (Å²) in [5.74, 6) is -0.530. The number of carboxylic acid groups (broad SMARTS) is 1. The van der Waals surface area contributed by atoms with Crippen LogP contribution in [-0.2, 0) is 9.59 Å². The largest absolute Gasteiger partial charge is 0.495 e. The lowest BCUT2D eigenvalue weighted by atomic mass is 10.2. The highest BCUT2D eigenvalue weighted by molar-refractivity contribution is 6.34. The summed E-state index contributed by atoms with van der Waals surface area (Å²) in [4.78, 5) is 27.4. The van der Waals surface area contributed by atoms with Crippen molar-refractivity contribution in [3.8, 4) is 5.75 Å². The van der Waals surface area contributed by atoms with Crippen molar-refractivity contribution >= 4 is 34.9 Å². The minimum atomic E-state index is -1.09. The van der Waals surface area contributed by atoms with E-state index in [0.29, 0.717) is 43.5 Å². The minimum absolute atomic E-state index is 0.0360. The number of anilines is 1. The molecule has 0 unspecified atom stereocenters. The zero-order valence-corrected chi connectivity index (χ0v) is 16.6. The number of carbonyl (C=O) groups excluding carboxylic acids is 1. The van der Waals surface area contributed by atoms with Crippen LogP contribution in [0.2, 0.25) is 5.02 Å². The maximum absolute atomic E-state index is 12.5. The van der Waals surface area contributed by atoms with E-state index >= 15 is 0 Å². The van der Waals surface area contributed by atoms with Gasteiger partial charge in [-0.3, -0.25) is 9.80 Å². The van der Waals surface area contributed by atoms with E-state index in [-0.39, 0.29) is 18.2 Å². The van der Waals surface area contributed by atoms with Crippen LogP contribution >= 0.6 is 11.6 Å². The van der Waals surface area contributed by atoms with Crippen molar-refractivity contribution in [3.63, 3.8) is 0 Å². The molecule has 1 heterocycles. The number of halogens is 1. The van der Waals surface area contributed by atoms with Crippen molar-refractivity contribution in [2.24, 2.45) is 5.10 Å². The average molecular weight is 397 g/mol. The van der Waals surface area contributed by atoms with E-state index in [1.807, 2.05) is 19.1 Å². The van der Waals surface area contributed by atoms with Crippen molar-refractivity contribution in [1.82, 2.24) is 9.91 Å². The summed E-state index contributed by atoms with van der Waals surface area (Å²) in [7, 11) is 1.58. The van der Waals surface area contributed by atoms with E-state index in [9.17, 15) is 9.59 Å². The summed E-state index contributed by atoms with van der Waals surface area (Å²) < 4.78 is 5.26. The molecular weight excluding hydrogens is 372 g/mol. The van der Waals surface area contributed by atoms with Crippen LogP contribution < -0.4 is 9.64 Å². The number of carboxylic acids is 1. The fourth-order valence-electron chi connectivity index (χ4n) is 2.79. The van der Waals surface area contributed by atoms with Gasteiger partial charge in [0.2, 0.25) is 5.91 Å². The topological polar surface area (TPSA) is 85.7 Å². The lowest BCUT2D eigenvalue weighted by Gasteiger charge is -2.36. The quantitative estimate of drug-likeness (QED) is 0.558. The van der Waals surface area contributed by atoms with Crippen molar-refractivity contribution in [1.29, 1.82) is 0 Å². The monoisotopic (exact) mass is 396 g/mol. The van der Waals surface area contributed by atoms with Crippen LogP contribution in [-0.4, -0.2) is 79.0 Å². The number of benzene rings is 1. The Bertz CT molecular complexity index is 717. The van der Waals surface area contributed by atoms with Gasteiger partial charge in [-0.2, -0.15) is 5.10 Å². The third-order valence-corrected chi connectivity index (χ3v) is 4.73. The van der Waals surface area contributed by atoms with Crippen LogP contribution in [0.5, 0.6) is 5.75 Å². The summed E-state index contributed by atoms with van der Waals surface area (Å²) in [6.45, 7) is 6.33. The van der Waals surface area contributed by atoms with Crippen LogP contribution in [0.15, 0.2) is 23.3 Å². The Balaban J connectivity index is 1.93. The summed E-state index contributed by atoms with van der Waals surface area (Å²) in [5.41, 5.74) is 0.964. The Morgan fingerprint density at radius 1 is 1.30 bits per heavy atom. The summed E-state index contributed by atoms with van der Waals surface area (Å²) >= 11 is 6.07. The molecule has 1 aliphatic rings. The average Bonchev–Trinajstić information content (AvgIpc) is 2.67. The number of likely N-dealkylation sites (N-methyl/N-ethyl adjacent to an activating group) is 1. The minimum Gasteiger partial charge on any atom is -0.495 e. The van der Waals surface area contributed by atoms with E-state index < -0.39 is 5.97 Å². The number of aliphatic carboxylic acids is 1. The molecule has 0 bridgehead atoms. The van der Waals surface area contributed by atoms with Gasteiger partial charge in [-0.1, -0.05) is 11.6 Å². The maximum Gasteiger partial charge on any atom is 0.351 e. The van der Waals surface area contributed by atoms with Gasteiger partial charge in [0.25, 0.3) is 0 Å². The molecule has 1 fully saturated rings. The fourth-order valence-corrected chi connectivity index (χ4v) is 2.98. The first kappa shape index (κ1) is 20.8. The molecule has 1 aromatic rings. The molecule has 0 spiro atoms. The predicted molar refractivity (Wildman–Crippen MR) is 105 cm³/mol. The third kappa shape index (κ3) is 5.50. The number of piperazine rings is 1. The molecule has 1 aromatic carbocycles. The number of methoxy groups -OCH3 is 1. The number of hydrogen-bond donors (Lipinski definition) is 1. The lowest BCUT2D eigenvalue weighted by Crippen LogP contribution is -2.51. The highest BCUT2D eigenvalue weighted by Crippen LogP contribution is 2.29. The second-order valence-electron chi connectivity index (χ2n) is 6.16. The van der Waals surface area contributed by atoms with E-state index in [1.165, 1.54) is 11.9 Å². The first-order valence-electron chi connectivity index (χ1n) is 8.75. The normalized spacial score (nSPS) is 14.9. The van der Waals surface area contributed by atoms with Gasteiger partial charge in [-0.15, -0.1) is 0 Å². The first-order chi connectivity index (χ1) is 12.8. The molecule has 0 atom stereocenters. The highest BCUT2D eigenvalue weighted by atomic mass is 35.5. The van der Waals surface area contributed by atoms with Crippen molar-refractivity contribution in [3.05, 3.63) is 23.2 Å². The summed E-state index contributed by atoms with van der Waals surface area (Å²) in [6, 6.07) is 5.63. The van der Waals surface area contributed by atoms with E-state index in [2.05, 4.69) is 10.0 Å². The molecule has 1 saturated heterocycles. The Kier molecular flexibility index (Phi) is 7.29. The van der Waals surface area contributed by atoms with Gasteiger partial charge in [0, 0.05) is 44.5 Å². The molecule has 1 N–H and O–H groups in total. The number of hydrazone groups is 1. The van der Waals surface area contributed by atoms with Crippen LogP contribution in [0.25, 0.3) is 0 Å². The Morgan fingerprint density at radius 2 is 1.96 bits per heavy atom. The van der Waals surface area contributed by atoms with Crippen LogP contribution in [0.3, 0.4) is 0 Å². The Labute approximate surface area is 163 Å². The molecule has 27 heavy (non-hydrogen) atoms. The molecule has 1 amide bonds. The molecule has 9 heteroatoms. The zero-order chi connectivity index (χ0) is 20.0. The van der Waals surface area contributed by atoms with E-state index in [1.54, 1.807) is 18.1 Å². The molecule has 0 aromatic heterocycles. The molecular formula is C18H25ClN4O4. The van der Waals surface area contributed by atoms with Crippen molar-refractivity contribution in [2.45, 2.75) is 13.8 Å². The molecule has 1 aliphatic heterocycles. The second kappa shape index (κ2) is 9.45. The van der Waals surface area contributed by atoms with Gasteiger partial charge in [0.1, 0.15) is 18.0 Å². The van der Waals surface area contributed by atoms with Gasteiger partial charge >= 0.3 is 5.97 Å². The summed E-state index contributed by atoms with van der Waals surface area (Å²) in [6.07, 6.45) is 0. The number of nitrogens with zero attached hydrogens (tertiary/aromatic N) is 4. The molecule has 2 rings (SSSR count). The molecule has 148 valence electrons. The molecule has 0 radical (unpaired) electrons. The maximum atomic E-state index is 12.5. The molecule has 0 aliphatic carbocycles. The summed E-state index contributed by atoms with van der Waals surface area (Å²) in [5, 5.41) is 14.9. The SMILES string of the molecule is CCN(CC(=O)N1CCN(c2ccc(Cl)c(OC)c2)CC1)/N=C(\C)C(=O)O. The van der Waals surface area contributed by atoms with Crippen molar-refractivity contribution < 1.29 is 19.4 Å². The van der Waals surface area contributed by atoms with Crippen LogP contribution in [0, 0.1) is 0 Å². The Morgan fingerprint density at radius 3 is 2.52 bits per heavy atom. The van der Waals surface area contributed by atoms with Gasteiger partial charge in [0.15, 0.2) is 0 Å². The number of ether oxygens (including phenoxy) is 1. The third-order valence-electron chi connectivity index (χ3n) is 4.42. The molecule has 8 nitrogen and oxygen atoms in total. The lowest BCUT2D eigenvalue weighted by molar-refractivity contribution is -0.133. The second-order valence-corrected chi connectivity index (χ2v) is 6.57. The van der Waals surface area contributed by atoms with Gasteiger partial charge in [-0.25, -0.2) is 4.79 Å². The van der Waals surface area contributed by atoms with Crippen LogP contribution in [0.4, 0.5) is 5.69 Å². The zero-order valence-electron chi connectivity index (χ0n) is 15.8. The van der Waals surface area contributed by atoms with Gasteiger partial charge in [-0.05, 0) is 26.0 Å². The Hall–Kier alpha value is -2.48. The van der Waals surface area contributed by atoms with Crippen molar-refractivity contribution in [2.75, 3.05) is 51.3 Å². The number of rotatable bonds is 7. The standard InChI is InChI=1S/C18H25ClN4O4/c1-4-23(20-13(2)18(25)26)12-17(24)22-9-7-21(8-10-22)14-5-6-15(19)16(11-14)27-3/h5-6,11H,4,7-10,12H2,1-3H3,(H,25,26)/b20-13+. The predicted octanol–water partition coefficient (Wildman–Crippen LogP) is 1.78. The fraction of sp³-hybridized carbons (Fsp3) is 0.500. The van der Waals surface area contributed by atoms with E-state index in [4.69, 9.17) is 21.4 Å². The first-order valence-corrected chi connectivity index (χ1v) is 9.13. The number of amides is 1. The number of hydrogen-bond acceptors (Lipinski definition) is 6. The van der Waals surface area contributed by atoms with Gasteiger partial charge < -0.3 is 19.6 Å².